The number of rotatable bonds is 3. The molecule has 1 amide bonds. The predicted octanol–water partition coefficient (Wildman–Crippen LogP) is 3.61. The molecule has 0 saturated carbocycles. The van der Waals surface area contributed by atoms with Crippen LogP contribution in [0.5, 0.6) is 5.75 Å². The van der Waals surface area contributed by atoms with Crippen molar-refractivity contribution in [3.05, 3.63) is 46.3 Å². The molecule has 0 aliphatic carbocycles. The Hall–Kier alpha value is -1.75. The van der Waals surface area contributed by atoms with E-state index in [2.05, 4.69) is 21.2 Å². The maximum absolute atomic E-state index is 12.0. The van der Waals surface area contributed by atoms with Crippen molar-refractivity contribution in [3.63, 3.8) is 0 Å². The van der Waals surface area contributed by atoms with E-state index in [1.165, 1.54) is 6.26 Å². The van der Waals surface area contributed by atoms with E-state index >= 15 is 0 Å². The zero-order chi connectivity index (χ0) is 13.1. The molecule has 1 aromatic carbocycles. The molecule has 0 bridgehead atoms. The first-order valence-electron chi connectivity index (χ1n) is 5.31. The monoisotopic (exact) mass is 309 g/mol. The Labute approximate surface area is 113 Å². The van der Waals surface area contributed by atoms with E-state index < -0.39 is 0 Å². The molecule has 0 aliphatic rings. The molecule has 0 saturated heterocycles. The van der Waals surface area contributed by atoms with Gasteiger partial charge in [-0.2, -0.15) is 0 Å². The fraction of sp³-hybridized carbons (Fsp3) is 0.154. The fourth-order valence-electron chi connectivity index (χ4n) is 1.54. The minimum absolute atomic E-state index is 0.213. The lowest BCUT2D eigenvalue weighted by Crippen LogP contribution is -2.12. The van der Waals surface area contributed by atoms with E-state index in [-0.39, 0.29) is 5.91 Å². The molecule has 1 heterocycles. The maximum atomic E-state index is 12.0. The molecule has 0 fully saturated rings. The summed E-state index contributed by atoms with van der Waals surface area (Å²) in [5, 5.41) is 2.80. The number of hydrogen-bond acceptors (Lipinski definition) is 3. The third kappa shape index (κ3) is 2.56. The number of ether oxygens (including phenoxy) is 1. The molecule has 0 unspecified atom stereocenters. The minimum Gasteiger partial charge on any atom is -0.497 e. The highest BCUT2D eigenvalue weighted by Gasteiger charge is 2.13. The largest absolute Gasteiger partial charge is 0.497 e. The normalized spacial score (nSPS) is 10.2. The molecule has 0 atom stereocenters. The van der Waals surface area contributed by atoms with Gasteiger partial charge in [0.25, 0.3) is 5.91 Å². The average molecular weight is 310 g/mol. The van der Waals surface area contributed by atoms with Gasteiger partial charge >= 0.3 is 0 Å². The third-order valence-corrected chi connectivity index (χ3v) is 3.22. The number of aryl methyl sites for hydroxylation is 1. The van der Waals surface area contributed by atoms with Gasteiger partial charge in [-0.25, -0.2) is 0 Å². The number of carbonyl (C=O) groups is 1. The molecule has 5 heteroatoms. The molecule has 4 nitrogen and oxygen atoms in total. The predicted molar refractivity (Wildman–Crippen MR) is 72.1 cm³/mol. The maximum Gasteiger partial charge on any atom is 0.259 e. The van der Waals surface area contributed by atoms with Crippen molar-refractivity contribution < 1.29 is 13.9 Å². The number of methoxy groups -OCH3 is 1. The highest BCUT2D eigenvalue weighted by molar-refractivity contribution is 9.10. The van der Waals surface area contributed by atoms with Gasteiger partial charge in [0.15, 0.2) is 0 Å². The Morgan fingerprint density at radius 1 is 1.39 bits per heavy atom. The van der Waals surface area contributed by atoms with Gasteiger partial charge in [-0.3, -0.25) is 4.79 Å². The van der Waals surface area contributed by atoms with Gasteiger partial charge in [0.05, 0.1) is 24.6 Å². The smallest absolute Gasteiger partial charge is 0.259 e. The van der Waals surface area contributed by atoms with E-state index in [9.17, 15) is 4.79 Å². The third-order valence-electron chi connectivity index (χ3n) is 2.53. The second-order valence-corrected chi connectivity index (χ2v) is 4.54. The van der Waals surface area contributed by atoms with Crippen LogP contribution >= 0.6 is 15.9 Å². The molecular weight excluding hydrogens is 298 g/mol. The van der Waals surface area contributed by atoms with Gasteiger partial charge in [0, 0.05) is 10.5 Å². The van der Waals surface area contributed by atoms with E-state index in [1.807, 2.05) is 12.1 Å². The summed E-state index contributed by atoms with van der Waals surface area (Å²) in [7, 11) is 1.58. The Balaban J connectivity index is 2.24. The highest BCUT2D eigenvalue weighted by Crippen LogP contribution is 2.27. The van der Waals surface area contributed by atoms with Gasteiger partial charge in [0.1, 0.15) is 11.5 Å². The first-order valence-corrected chi connectivity index (χ1v) is 6.10. The molecular formula is C13H12BrNO3. The lowest BCUT2D eigenvalue weighted by Gasteiger charge is -2.08. The minimum atomic E-state index is -0.213. The van der Waals surface area contributed by atoms with Gasteiger partial charge < -0.3 is 14.5 Å². The summed E-state index contributed by atoms with van der Waals surface area (Å²) in [5.41, 5.74) is 1.17. The molecule has 18 heavy (non-hydrogen) atoms. The molecule has 2 aromatic rings. The second kappa shape index (κ2) is 5.27. The van der Waals surface area contributed by atoms with E-state index in [4.69, 9.17) is 9.15 Å². The van der Waals surface area contributed by atoms with Gasteiger partial charge in [-0.05, 0) is 41.1 Å². The van der Waals surface area contributed by atoms with Crippen LogP contribution in [0.15, 0.2) is 39.4 Å². The van der Waals surface area contributed by atoms with Gasteiger partial charge in [0.2, 0.25) is 0 Å². The van der Waals surface area contributed by atoms with Crippen LogP contribution in [0.1, 0.15) is 16.1 Å². The summed E-state index contributed by atoms with van der Waals surface area (Å²) in [4.78, 5) is 12.0. The van der Waals surface area contributed by atoms with Gasteiger partial charge in [-0.1, -0.05) is 0 Å². The van der Waals surface area contributed by atoms with E-state index in [0.29, 0.717) is 22.8 Å². The Kier molecular flexibility index (Phi) is 3.72. The summed E-state index contributed by atoms with van der Waals surface area (Å²) >= 11 is 3.38. The number of benzene rings is 1. The topological polar surface area (TPSA) is 51.5 Å². The highest BCUT2D eigenvalue weighted by atomic mass is 79.9. The summed E-state index contributed by atoms with van der Waals surface area (Å²) in [6, 6.07) is 7.01. The lowest BCUT2D eigenvalue weighted by molar-refractivity contribution is 0.102. The Morgan fingerprint density at radius 3 is 2.78 bits per heavy atom. The first-order chi connectivity index (χ1) is 8.61. The number of amides is 1. The SMILES string of the molecule is COc1ccc(Br)c(NC(=O)c2ccoc2C)c1. The number of carbonyl (C=O) groups excluding carboxylic acids is 1. The number of halogens is 1. The number of hydrogen-bond donors (Lipinski definition) is 1. The molecule has 1 aromatic heterocycles. The van der Waals surface area contributed by atoms with Crippen LogP contribution in [0, 0.1) is 6.92 Å². The summed E-state index contributed by atoms with van der Waals surface area (Å²) < 4.78 is 11.0. The zero-order valence-electron chi connectivity index (χ0n) is 9.99. The number of nitrogens with one attached hydrogen (secondary N) is 1. The second-order valence-electron chi connectivity index (χ2n) is 3.69. The first kappa shape index (κ1) is 12.7. The Morgan fingerprint density at radius 2 is 2.17 bits per heavy atom. The Bertz CT molecular complexity index is 577. The lowest BCUT2D eigenvalue weighted by atomic mass is 10.2. The van der Waals surface area contributed by atoms with E-state index in [1.54, 1.807) is 26.2 Å². The standard InChI is InChI=1S/C13H12BrNO3/c1-8-10(5-6-18-8)13(16)15-12-7-9(17-2)3-4-11(12)14/h3-7H,1-2H3,(H,15,16). The van der Waals surface area contributed by atoms with Crippen molar-refractivity contribution in [3.8, 4) is 5.75 Å². The van der Waals surface area contributed by atoms with Crippen LogP contribution in [0.2, 0.25) is 0 Å². The molecule has 0 spiro atoms. The van der Waals surface area contributed by atoms with Crippen LogP contribution in [-0.4, -0.2) is 13.0 Å². The summed E-state index contributed by atoms with van der Waals surface area (Å²) in [6.45, 7) is 1.75. The fourth-order valence-corrected chi connectivity index (χ4v) is 1.88. The van der Waals surface area contributed by atoms with Crippen molar-refractivity contribution >= 4 is 27.5 Å². The molecule has 2 rings (SSSR count). The van der Waals surface area contributed by atoms with Crippen molar-refractivity contribution in [2.45, 2.75) is 6.92 Å². The van der Waals surface area contributed by atoms with Crippen LogP contribution in [0.4, 0.5) is 5.69 Å². The van der Waals surface area contributed by atoms with Crippen LogP contribution in [0.25, 0.3) is 0 Å². The quantitative estimate of drug-likeness (QED) is 0.942. The number of anilines is 1. The molecule has 0 aliphatic heterocycles. The zero-order valence-corrected chi connectivity index (χ0v) is 11.6. The molecule has 94 valence electrons. The van der Waals surface area contributed by atoms with Crippen molar-refractivity contribution in [2.75, 3.05) is 12.4 Å². The van der Waals surface area contributed by atoms with Crippen molar-refractivity contribution in [1.29, 1.82) is 0 Å². The van der Waals surface area contributed by atoms with Crippen molar-refractivity contribution in [2.24, 2.45) is 0 Å². The molecule has 0 radical (unpaired) electrons. The van der Waals surface area contributed by atoms with Crippen LogP contribution < -0.4 is 10.1 Å². The van der Waals surface area contributed by atoms with Crippen LogP contribution in [0.3, 0.4) is 0 Å². The van der Waals surface area contributed by atoms with E-state index in [0.717, 1.165) is 4.47 Å². The number of furan rings is 1. The van der Waals surface area contributed by atoms with Crippen LogP contribution in [-0.2, 0) is 0 Å². The average Bonchev–Trinajstić information content (AvgIpc) is 2.78. The summed E-state index contributed by atoms with van der Waals surface area (Å²) in [6.07, 6.45) is 1.49. The van der Waals surface area contributed by atoms with Gasteiger partial charge in [-0.15, -0.1) is 0 Å². The van der Waals surface area contributed by atoms with Crippen molar-refractivity contribution in [1.82, 2.24) is 0 Å². The molecule has 1 N–H and O–H groups in total. The summed E-state index contributed by atoms with van der Waals surface area (Å²) in [5.74, 6) is 1.05.